The summed E-state index contributed by atoms with van der Waals surface area (Å²) in [4.78, 5) is 23.3. The summed E-state index contributed by atoms with van der Waals surface area (Å²) in [6.45, 7) is 0.246. The highest BCUT2D eigenvalue weighted by molar-refractivity contribution is 5.93. The molecule has 2 amide bonds. The van der Waals surface area contributed by atoms with Crippen molar-refractivity contribution in [1.82, 2.24) is 5.32 Å². The van der Waals surface area contributed by atoms with Crippen molar-refractivity contribution in [3.05, 3.63) is 83.6 Å². The predicted octanol–water partition coefficient (Wildman–Crippen LogP) is 3.10. The summed E-state index contributed by atoms with van der Waals surface area (Å²) in [5.41, 5.74) is 6.39. The molecule has 1 aromatic heterocycles. The second kappa shape index (κ2) is 7.35. The molecule has 3 N–H and O–H groups in total. The molecule has 1 heterocycles. The number of hydrogen-bond acceptors (Lipinski definition) is 4. The molecule has 0 spiro atoms. The summed E-state index contributed by atoms with van der Waals surface area (Å²) in [6.07, 6.45) is 0. The third-order valence-electron chi connectivity index (χ3n) is 3.43. The van der Waals surface area contributed by atoms with Crippen LogP contribution in [-0.2, 0) is 6.54 Å². The summed E-state index contributed by atoms with van der Waals surface area (Å²) in [5.74, 6) is 0.0884. The molecule has 2 aromatic carbocycles. The number of carbonyl (C=O) groups is 2. The molecular formula is C19H16N2O4. The number of nitrogens with one attached hydrogen (secondary N) is 1. The monoisotopic (exact) mass is 336 g/mol. The van der Waals surface area contributed by atoms with E-state index in [0.29, 0.717) is 11.3 Å². The molecule has 0 bridgehead atoms. The molecule has 0 atom stereocenters. The number of furan rings is 1. The van der Waals surface area contributed by atoms with E-state index in [4.69, 9.17) is 14.9 Å². The highest BCUT2D eigenvalue weighted by atomic mass is 16.6. The molecule has 6 heteroatoms. The van der Waals surface area contributed by atoms with E-state index >= 15 is 0 Å². The number of hydrogen-bond donors (Lipinski definition) is 2. The van der Waals surface area contributed by atoms with Crippen LogP contribution in [0.4, 0.5) is 0 Å². The van der Waals surface area contributed by atoms with E-state index in [1.165, 1.54) is 6.07 Å². The Hall–Kier alpha value is -3.54. The Labute approximate surface area is 144 Å². The summed E-state index contributed by atoms with van der Waals surface area (Å²) in [7, 11) is 0. The molecule has 0 aliphatic heterocycles. The van der Waals surface area contributed by atoms with Gasteiger partial charge in [0.25, 0.3) is 11.9 Å². The first-order chi connectivity index (χ1) is 12.1. The fraction of sp³-hybridized carbons (Fsp3) is 0.0526. The number of amides is 2. The molecule has 0 aliphatic carbocycles. The van der Waals surface area contributed by atoms with Gasteiger partial charge in [0, 0.05) is 18.2 Å². The number of benzene rings is 2. The average molecular weight is 336 g/mol. The summed E-state index contributed by atoms with van der Waals surface area (Å²) in [5, 5.41) is 2.72. The van der Waals surface area contributed by atoms with Gasteiger partial charge in [-0.2, -0.15) is 0 Å². The fourth-order valence-corrected chi connectivity index (χ4v) is 2.21. The largest absolute Gasteiger partial charge is 0.426 e. The maximum atomic E-state index is 12.2. The average Bonchev–Trinajstić information content (AvgIpc) is 3.09. The topological polar surface area (TPSA) is 94.6 Å². The summed E-state index contributed by atoms with van der Waals surface area (Å²) < 4.78 is 10.9. The lowest BCUT2D eigenvalue weighted by Gasteiger charge is -2.05. The van der Waals surface area contributed by atoms with Gasteiger partial charge in [0.15, 0.2) is 5.76 Å². The minimum absolute atomic E-state index is 0.136. The molecule has 3 rings (SSSR count). The molecule has 0 radical (unpaired) electrons. The van der Waals surface area contributed by atoms with E-state index in [1.807, 2.05) is 18.2 Å². The van der Waals surface area contributed by atoms with Crippen molar-refractivity contribution >= 4 is 11.8 Å². The minimum atomic E-state index is -0.512. The van der Waals surface area contributed by atoms with E-state index in [-0.39, 0.29) is 24.2 Å². The molecule has 126 valence electrons. The molecule has 6 nitrogen and oxygen atoms in total. The van der Waals surface area contributed by atoms with Gasteiger partial charge in [-0.3, -0.25) is 9.59 Å². The fourth-order valence-electron chi connectivity index (χ4n) is 2.21. The highest BCUT2D eigenvalue weighted by Gasteiger charge is 2.12. The number of nitrogens with two attached hydrogens (primary N) is 1. The molecular weight excluding hydrogens is 320 g/mol. The van der Waals surface area contributed by atoms with Crippen molar-refractivity contribution in [1.29, 1.82) is 0 Å². The Balaban J connectivity index is 1.60. The van der Waals surface area contributed by atoms with Crippen LogP contribution in [0.2, 0.25) is 0 Å². The minimum Gasteiger partial charge on any atom is -0.426 e. The lowest BCUT2D eigenvalue weighted by atomic mass is 10.1. The van der Waals surface area contributed by atoms with E-state index in [9.17, 15) is 9.59 Å². The van der Waals surface area contributed by atoms with E-state index in [0.717, 1.165) is 5.56 Å². The zero-order valence-corrected chi connectivity index (χ0v) is 13.3. The number of para-hydroxylation sites is 1. The third kappa shape index (κ3) is 4.26. The molecule has 0 fully saturated rings. The zero-order chi connectivity index (χ0) is 17.6. The smallest absolute Gasteiger partial charge is 0.290 e. The lowest BCUT2D eigenvalue weighted by Crippen LogP contribution is -2.22. The molecule has 0 unspecified atom stereocenters. The van der Waals surface area contributed by atoms with Crippen LogP contribution in [0.3, 0.4) is 0 Å². The van der Waals surface area contributed by atoms with Crippen molar-refractivity contribution in [2.75, 3.05) is 0 Å². The van der Waals surface area contributed by atoms with E-state index in [1.54, 1.807) is 42.5 Å². The number of carbonyl (C=O) groups excluding carboxylic acids is 2. The SMILES string of the molecule is NC(=O)c1cccc(CNC(=O)c2ccc(Oc3ccccc3)o2)c1. The van der Waals surface area contributed by atoms with Crippen LogP contribution in [0.15, 0.2) is 71.1 Å². The normalized spacial score (nSPS) is 10.2. The van der Waals surface area contributed by atoms with E-state index in [2.05, 4.69) is 5.32 Å². The van der Waals surface area contributed by atoms with Gasteiger partial charge in [0.1, 0.15) is 5.75 Å². The van der Waals surface area contributed by atoms with Crippen LogP contribution < -0.4 is 15.8 Å². The number of primary amides is 1. The Kier molecular flexibility index (Phi) is 4.80. The molecule has 0 saturated heterocycles. The van der Waals surface area contributed by atoms with Crippen LogP contribution in [0.1, 0.15) is 26.5 Å². The first-order valence-electron chi connectivity index (χ1n) is 7.61. The van der Waals surface area contributed by atoms with Gasteiger partial charge in [0.2, 0.25) is 5.91 Å². The van der Waals surface area contributed by atoms with Crippen molar-refractivity contribution in [2.45, 2.75) is 6.54 Å². The maximum absolute atomic E-state index is 12.2. The molecule has 25 heavy (non-hydrogen) atoms. The van der Waals surface area contributed by atoms with Gasteiger partial charge < -0.3 is 20.2 Å². The highest BCUT2D eigenvalue weighted by Crippen LogP contribution is 2.23. The van der Waals surface area contributed by atoms with Gasteiger partial charge in [0.05, 0.1) is 0 Å². The summed E-state index contributed by atoms with van der Waals surface area (Å²) >= 11 is 0. The molecule has 0 saturated carbocycles. The van der Waals surface area contributed by atoms with Crippen LogP contribution in [0.5, 0.6) is 11.7 Å². The first-order valence-corrected chi connectivity index (χ1v) is 7.61. The number of rotatable bonds is 6. The summed E-state index contributed by atoms with van der Waals surface area (Å²) in [6, 6.07) is 19.0. The van der Waals surface area contributed by atoms with Crippen molar-refractivity contribution in [3.63, 3.8) is 0 Å². The second-order valence-electron chi connectivity index (χ2n) is 5.28. The van der Waals surface area contributed by atoms with Crippen LogP contribution in [0.25, 0.3) is 0 Å². The zero-order valence-electron chi connectivity index (χ0n) is 13.3. The third-order valence-corrected chi connectivity index (χ3v) is 3.43. The van der Waals surface area contributed by atoms with E-state index < -0.39 is 5.91 Å². The van der Waals surface area contributed by atoms with Gasteiger partial charge >= 0.3 is 0 Å². The first kappa shape index (κ1) is 16.3. The van der Waals surface area contributed by atoms with Crippen molar-refractivity contribution in [3.8, 4) is 11.7 Å². The van der Waals surface area contributed by atoms with Crippen LogP contribution in [-0.4, -0.2) is 11.8 Å². The van der Waals surface area contributed by atoms with Gasteiger partial charge in [-0.15, -0.1) is 0 Å². The lowest BCUT2D eigenvalue weighted by molar-refractivity contribution is 0.0918. The quantitative estimate of drug-likeness (QED) is 0.723. The second-order valence-corrected chi connectivity index (χ2v) is 5.28. The van der Waals surface area contributed by atoms with Crippen LogP contribution in [0, 0.1) is 0 Å². The Morgan fingerprint density at radius 1 is 1.00 bits per heavy atom. The standard InChI is InChI=1S/C19H16N2O4/c20-18(22)14-6-4-5-13(11-14)12-21-19(23)16-9-10-17(25-16)24-15-7-2-1-3-8-15/h1-11H,12H2,(H2,20,22)(H,21,23). The molecule has 0 aliphatic rings. The van der Waals surface area contributed by atoms with Gasteiger partial charge in [-0.1, -0.05) is 30.3 Å². The van der Waals surface area contributed by atoms with Crippen molar-refractivity contribution in [2.24, 2.45) is 5.73 Å². The van der Waals surface area contributed by atoms with Gasteiger partial charge in [-0.05, 0) is 35.9 Å². The van der Waals surface area contributed by atoms with Crippen LogP contribution >= 0.6 is 0 Å². The Morgan fingerprint density at radius 2 is 1.80 bits per heavy atom. The predicted molar refractivity (Wildman–Crippen MR) is 91.4 cm³/mol. The van der Waals surface area contributed by atoms with Crippen molar-refractivity contribution < 1.29 is 18.7 Å². The Bertz CT molecular complexity index is 887. The maximum Gasteiger partial charge on any atom is 0.290 e. The Morgan fingerprint density at radius 3 is 2.56 bits per heavy atom. The number of ether oxygens (including phenoxy) is 1. The molecule has 3 aromatic rings. The van der Waals surface area contributed by atoms with Gasteiger partial charge in [-0.25, -0.2) is 0 Å².